The average Bonchev–Trinajstić information content (AvgIpc) is 3.11. The Hall–Kier alpha value is -2.61. The van der Waals surface area contributed by atoms with Crippen molar-refractivity contribution >= 4 is 38.7 Å². The number of amides is 1. The number of nitrogens with two attached hydrogens (primary N) is 2. The smallest absolute Gasteiger partial charge is 0.260 e. The van der Waals surface area contributed by atoms with Crippen LogP contribution in [-0.4, -0.2) is 27.6 Å². The number of aromatic amines is 1. The molecule has 1 aliphatic heterocycles. The van der Waals surface area contributed by atoms with Crippen molar-refractivity contribution in [2.24, 2.45) is 5.73 Å². The van der Waals surface area contributed by atoms with Crippen molar-refractivity contribution in [2.45, 2.75) is 13.0 Å². The van der Waals surface area contributed by atoms with Gasteiger partial charge in [0.25, 0.3) is 5.91 Å². The molecular formula is C14H14N6OS. The molecular weight excluding hydrogens is 300 g/mol. The molecule has 4 rings (SSSR count). The number of nitrogens with one attached hydrogen (secondary N) is 1. The van der Waals surface area contributed by atoms with Crippen LogP contribution in [0.15, 0.2) is 18.6 Å². The molecule has 0 saturated carbocycles. The summed E-state index contributed by atoms with van der Waals surface area (Å²) in [6.45, 7) is 1.59. The normalized spacial score (nSPS) is 14.3. The first kappa shape index (κ1) is 13.1. The predicted molar refractivity (Wildman–Crippen MR) is 85.9 cm³/mol. The maximum absolute atomic E-state index is 11.5. The van der Waals surface area contributed by atoms with Gasteiger partial charge in [-0.2, -0.15) is 5.10 Å². The zero-order valence-electron chi connectivity index (χ0n) is 11.7. The largest absolute Gasteiger partial charge is 0.397 e. The SMILES string of the molecule is NC(=O)c1sc2cncc(N3CCc4[nH]ncc4C3)c2c1N. The molecule has 0 unspecified atom stereocenters. The van der Waals surface area contributed by atoms with Gasteiger partial charge in [0.1, 0.15) is 4.88 Å². The van der Waals surface area contributed by atoms with E-state index in [9.17, 15) is 4.79 Å². The molecule has 0 bridgehead atoms. The van der Waals surface area contributed by atoms with Gasteiger partial charge in [-0.3, -0.25) is 14.9 Å². The third kappa shape index (κ3) is 1.84. The number of carbonyl (C=O) groups excluding carboxylic acids is 1. The van der Waals surface area contributed by atoms with E-state index in [0.29, 0.717) is 10.6 Å². The summed E-state index contributed by atoms with van der Waals surface area (Å²) >= 11 is 1.29. The second kappa shape index (κ2) is 4.70. The number of fused-ring (bicyclic) bond motifs is 2. The summed E-state index contributed by atoms with van der Waals surface area (Å²) in [7, 11) is 0. The number of pyridine rings is 1. The van der Waals surface area contributed by atoms with Crippen molar-refractivity contribution in [3.05, 3.63) is 34.7 Å². The number of rotatable bonds is 2. The molecule has 7 nitrogen and oxygen atoms in total. The molecule has 0 radical (unpaired) electrons. The fourth-order valence-electron chi connectivity index (χ4n) is 2.91. The summed E-state index contributed by atoms with van der Waals surface area (Å²) in [5.41, 5.74) is 15.3. The first-order chi connectivity index (χ1) is 10.6. The number of carbonyl (C=O) groups is 1. The van der Waals surface area contributed by atoms with E-state index in [2.05, 4.69) is 20.1 Å². The first-order valence-corrected chi connectivity index (χ1v) is 7.68. The highest BCUT2D eigenvalue weighted by atomic mass is 32.1. The molecule has 0 saturated heterocycles. The van der Waals surface area contributed by atoms with Crippen LogP contribution in [0.2, 0.25) is 0 Å². The number of hydrogen-bond acceptors (Lipinski definition) is 6. The number of hydrogen-bond donors (Lipinski definition) is 3. The molecule has 1 amide bonds. The van der Waals surface area contributed by atoms with Gasteiger partial charge in [-0.15, -0.1) is 11.3 Å². The highest BCUT2D eigenvalue weighted by Gasteiger charge is 2.23. The minimum absolute atomic E-state index is 0.394. The minimum atomic E-state index is -0.500. The van der Waals surface area contributed by atoms with Crippen molar-refractivity contribution in [1.29, 1.82) is 0 Å². The van der Waals surface area contributed by atoms with Crippen LogP contribution >= 0.6 is 11.3 Å². The van der Waals surface area contributed by atoms with Crippen molar-refractivity contribution < 1.29 is 4.79 Å². The molecule has 0 atom stereocenters. The number of thiophene rings is 1. The van der Waals surface area contributed by atoms with Gasteiger partial charge in [0.05, 0.1) is 28.5 Å². The van der Waals surface area contributed by atoms with Crippen molar-refractivity contribution in [1.82, 2.24) is 15.2 Å². The molecule has 22 heavy (non-hydrogen) atoms. The Morgan fingerprint density at radius 2 is 2.23 bits per heavy atom. The number of nitrogens with zero attached hydrogens (tertiary/aromatic N) is 3. The molecule has 112 valence electrons. The third-order valence-electron chi connectivity index (χ3n) is 3.98. The van der Waals surface area contributed by atoms with E-state index in [1.165, 1.54) is 22.6 Å². The lowest BCUT2D eigenvalue weighted by molar-refractivity contribution is 0.100. The molecule has 0 aliphatic carbocycles. The number of primary amides is 1. The third-order valence-corrected chi connectivity index (χ3v) is 5.14. The van der Waals surface area contributed by atoms with Crippen LogP contribution in [0, 0.1) is 0 Å². The Morgan fingerprint density at radius 3 is 3.05 bits per heavy atom. The molecule has 5 N–H and O–H groups in total. The summed E-state index contributed by atoms with van der Waals surface area (Å²) < 4.78 is 0.877. The molecule has 3 aromatic heterocycles. The van der Waals surface area contributed by atoms with Crippen molar-refractivity contribution in [2.75, 3.05) is 17.2 Å². The van der Waals surface area contributed by atoms with Gasteiger partial charge in [0, 0.05) is 42.4 Å². The number of aromatic nitrogens is 3. The lowest BCUT2D eigenvalue weighted by atomic mass is 10.1. The zero-order chi connectivity index (χ0) is 15.3. The molecule has 0 spiro atoms. The lowest BCUT2D eigenvalue weighted by Gasteiger charge is -2.29. The van der Waals surface area contributed by atoms with Gasteiger partial charge in [-0.25, -0.2) is 0 Å². The van der Waals surface area contributed by atoms with Crippen LogP contribution in [0.3, 0.4) is 0 Å². The zero-order valence-corrected chi connectivity index (χ0v) is 12.5. The molecule has 0 fully saturated rings. The molecule has 3 aromatic rings. The second-order valence-electron chi connectivity index (χ2n) is 5.29. The quantitative estimate of drug-likeness (QED) is 0.659. The molecule has 1 aliphatic rings. The van der Waals surface area contributed by atoms with Crippen LogP contribution in [0.1, 0.15) is 20.9 Å². The second-order valence-corrected chi connectivity index (χ2v) is 6.34. The van der Waals surface area contributed by atoms with Crippen LogP contribution in [0.4, 0.5) is 11.4 Å². The number of nitrogen functional groups attached to an aromatic ring is 1. The number of anilines is 2. The maximum atomic E-state index is 11.5. The molecule has 8 heteroatoms. The van der Waals surface area contributed by atoms with E-state index in [4.69, 9.17) is 11.5 Å². The van der Waals surface area contributed by atoms with E-state index in [0.717, 1.165) is 35.3 Å². The summed E-state index contributed by atoms with van der Waals surface area (Å²) in [6, 6.07) is 0. The molecule has 4 heterocycles. The van der Waals surface area contributed by atoms with Crippen molar-refractivity contribution in [3.8, 4) is 0 Å². The van der Waals surface area contributed by atoms with E-state index in [1.54, 1.807) is 12.4 Å². The Labute approximate surface area is 129 Å². The Balaban J connectivity index is 1.84. The highest BCUT2D eigenvalue weighted by Crippen LogP contribution is 2.40. The standard InChI is InChI=1S/C14H14N6OS/c15-12-11-9(4-17-5-10(11)22-13(12)14(16)21)20-2-1-8-7(6-20)3-18-19-8/h3-5H,1-2,6,15H2,(H2,16,21)(H,18,19). The van der Waals surface area contributed by atoms with Gasteiger partial charge in [0.2, 0.25) is 0 Å². The molecule has 0 aromatic carbocycles. The Bertz CT molecular complexity index is 883. The van der Waals surface area contributed by atoms with E-state index < -0.39 is 5.91 Å². The van der Waals surface area contributed by atoms with E-state index in [-0.39, 0.29) is 0 Å². The van der Waals surface area contributed by atoms with Crippen LogP contribution in [-0.2, 0) is 13.0 Å². The topological polar surface area (TPSA) is 114 Å². The van der Waals surface area contributed by atoms with E-state index >= 15 is 0 Å². The Kier molecular flexibility index (Phi) is 2.80. The average molecular weight is 314 g/mol. The summed E-state index contributed by atoms with van der Waals surface area (Å²) in [6.07, 6.45) is 6.25. The van der Waals surface area contributed by atoms with Crippen LogP contribution in [0.25, 0.3) is 10.1 Å². The summed E-state index contributed by atoms with van der Waals surface area (Å²) in [4.78, 5) is 18.4. The van der Waals surface area contributed by atoms with E-state index in [1.807, 2.05) is 6.20 Å². The van der Waals surface area contributed by atoms with Crippen LogP contribution in [0.5, 0.6) is 0 Å². The fourth-order valence-corrected chi connectivity index (χ4v) is 3.87. The fraction of sp³-hybridized carbons (Fsp3) is 0.214. The maximum Gasteiger partial charge on any atom is 0.260 e. The Morgan fingerprint density at radius 1 is 1.36 bits per heavy atom. The van der Waals surface area contributed by atoms with Gasteiger partial charge >= 0.3 is 0 Å². The highest BCUT2D eigenvalue weighted by molar-refractivity contribution is 7.21. The first-order valence-electron chi connectivity index (χ1n) is 6.87. The summed E-state index contributed by atoms with van der Waals surface area (Å²) in [5, 5.41) is 7.97. The number of H-pyrrole nitrogens is 1. The van der Waals surface area contributed by atoms with Gasteiger partial charge < -0.3 is 16.4 Å². The van der Waals surface area contributed by atoms with Crippen LogP contribution < -0.4 is 16.4 Å². The van der Waals surface area contributed by atoms with Gasteiger partial charge in [-0.1, -0.05) is 0 Å². The van der Waals surface area contributed by atoms with Crippen molar-refractivity contribution in [3.63, 3.8) is 0 Å². The van der Waals surface area contributed by atoms with Gasteiger partial charge in [-0.05, 0) is 0 Å². The lowest BCUT2D eigenvalue weighted by Crippen LogP contribution is -2.30. The summed E-state index contributed by atoms with van der Waals surface area (Å²) in [5.74, 6) is -0.500. The minimum Gasteiger partial charge on any atom is -0.397 e. The monoisotopic (exact) mass is 314 g/mol. The van der Waals surface area contributed by atoms with Gasteiger partial charge in [0.15, 0.2) is 0 Å². The predicted octanol–water partition coefficient (Wildman–Crippen LogP) is 1.26.